The molecule has 0 aliphatic rings. The lowest BCUT2D eigenvalue weighted by Crippen LogP contribution is -1.99. The standard InChI is InChI=1S/C13H11IN4O/c14-13-5-4-12(19-13)7-15-10-2-1-3-11(6-10)18-8-16-17-9-18/h1-6,8-9,15H,7H2. The molecule has 0 saturated carbocycles. The van der Waals surface area contributed by atoms with E-state index < -0.39 is 0 Å². The molecular formula is C13H11IN4O. The second-order valence-electron chi connectivity index (χ2n) is 3.98. The average Bonchev–Trinajstić information content (AvgIpc) is 3.08. The molecule has 0 spiro atoms. The minimum atomic E-state index is 0.661. The van der Waals surface area contributed by atoms with Crippen molar-refractivity contribution in [3.8, 4) is 5.69 Å². The first-order valence-electron chi connectivity index (χ1n) is 5.74. The highest BCUT2D eigenvalue weighted by molar-refractivity contribution is 14.1. The van der Waals surface area contributed by atoms with Gasteiger partial charge in [0, 0.05) is 5.69 Å². The molecule has 5 nitrogen and oxygen atoms in total. The summed E-state index contributed by atoms with van der Waals surface area (Å²) < 4.78 is 8.26. The number of nitrogens with one attached hydrogen (secondary N) is 1. The molecule has 0 aliphatic carbocycles. The number of furan rings is 1. The molecule has 6 heteroatoms. The van der Waals surface area contributed by atoms with Gasteiger partial charge in [0.05, 0.1) is 12.2 Å². The molecule has 2 aromatic heterocycles. The Kier molecular flexibility index (Phi) is 3.49. The summed E-state index contributed by atoms with van der Waals surface area (Å²) in [6.45, 7) is 0.661. The van der Waals surface area contributed by atoms with E-state index in [2.05, 4.69) is 38.1 Å². The smallest absolute Gasteiger partial charge is 0.164 e. The number of rotatable bonds is 4. The SMILES string of the molecule is Ic1ccc(CNc2cccc(-n3cnnc3)c2)o1. The third-order valence-electron chi connectivity index (χ3n) is 2.66. The molecular weight excluding hydrogens is 355 g/mol. The van der Waals surface area contributed by atoms with Gasteiger partial charge >= 0.3 is 0 Å². The summed E-state index contributed by atoms with van der Waals surface area (Å²) in [5, 5.41) is 10.9. The highest BCUT2D eigenvalue weighted by Gasteiger charge is 2.01. The van der Waals surface area contributed by atoms with Crippen LogP contribution in [0.3, 0.4) is 0 Å². The molecule has 0 fully saturated rings. The van der Waals surface area contributed by atoms with Crippen molar-refractivity contribution in [2.24, 2.45) is 0 Å². The average molecular weight is 366 g/mol. The van der Waals surface area contributed by atoms with E-state index in [1.54, 1.807) is 12.7 Å². The van der Waals surface area contributed by atoms with E-state index in [-0.39, 0.29) is 0 Å². The molecule has 0 bridgehead atoms. The Morgan fingerprint density at radius 1 is 1.16 bits per heavy atom. The summed E-state index contributed by atoms with van der Waals surface area (Å²) >= 11 is 2.16. The zero-order valence-corrected chi connectivity index (χ0v) is 12.1. The van der Waals surface area contributed by atoms with Gasteiger partial charge < -0.3 is 9.73 Å². The van der Waals surface area contributed by atoms with Crippen LogP contribution in [0.4, 0.5) is 5.69 Å². The molecule has 3 rings (SSSR count). The van der Waals surface area contributed by atoms with E-state index in [9.17, 15) is 0 Å². The Morgan fingerprint density at radius 3 is 2.74 bits per heavy atom. The quantitative estimate of drug-likeness (QED) is 0.722. The second-order valence-corrected chi connectivity index (χ2v) is 5.04. The molecule has 3 aromatic rings. The summed E-state index contributed by atoms with van der Waals surface area (Å²) in [6.07, 6.45) is 3.35. The van der Waals surface area contributed by atoms with Crippen LogP contribution in [-0.4, -0.2) is 14.8 Å². The van der Waals surface area contributed by atoms with Gasteiger partial charge in [-0.15, -0.1) is 10.2 Å². The van der Waals surface area contributed by atoms with Crippen molar-refractivity contribution in [2.45, 2.75) is 6.54 Å². The van der Waals surface area contributed by atoms with Crippen LogP contribution in [0.15, 0.2) is 53.5 Å². The lowest BCUT2D eigenvalue weighted by molar-refractivity contribution is 0.493. The molecule has 0 aliphatic heterocycles. The van der Waals surface area contributed by atoms with E-state index in [0.29, 0.717) is 6.54 Å². The lowest BCUT2D eigenvalue weighted by Gasteiger charge is -2.07. The molecule has 19 heavy (non-hydrogen) atoms. The molecule has 2 heterocycles. The van der Waals surface area contributed by atoms with Crippen molar-refractivity contribution in [3.05, 3.63) is 58.6 Å². The third kappa shape index (κ3) is 2.95. The number of halogens is 1. The van der Waals surface area contributed by atoms with Crippen LogP contribution in [0, 0.1) is 3.77 Å². The van der Waals surface area contributed by atoms with E-state index in [0.717, 1.165) is 20.9 Å². The fraction of sp³-hybridized carbons (Fsp3) is 0.0769. The number of benzene rings is 1. The zero-order valence-electron chi connectivity index (χ0n) is 9.95. The topological polar surface area (TPSA) is 55.9 Å². The fourth-order valence-corrected chi connectivity index (χ4v) is 2.21. The van der Waals surface area contributed by atoms with Gasteiger partial charge in [0.25, 0.3) is 0 Å². The number of hydrogen-bond donors (Lipinski definition) is 1. The van der Waals surface area contributed by atoms with Crippen LogP contribution in [0.25, 0.3) is 5.69 Å². The van der Waals surface area contributed by atoms with Gasteiger partial charge in [-0.3, -0.25) is 4.57 Å². The lowest BCUT2D eigenvalue weighted by atomic mass is 10.2. The molecule has 0 amide bonds. The highest BCUT2D eigenvalue weighted by atomic mass is 127. The Hall–Kier alpha value is -1.83. The van der Waals surface area contributed by atoms with Crippen LogP contribution in [0.2, 0.25) is 0 Å². The van der Waals surface area contributed by atoms with Gasteiger partial charge in [-0.2, -0.15) is 0 Å². The summed E-state index contributed by atoms with van der Waals surface area (Å²) in [6, 6.07) is 12.0. The maximum atomic E-state index is 5.51. The van der Waals surface area contributed by atoms with Crippen molar-refractivity contribution in [3.63, 3.8) is 0 Å². The fourth-order valence-electron chi connectivity index (χ4n) is 1.75. The molecule has 0 saturated heterocycles. The van der Waals surface area contributed by atoms with Gasteiger partial charge in [-0.1, -0.05) is 6.07 Å². The Morgan fingerprint density at radius 2 is 2.00 bits per heavy atom. The first-order chi connectivity index (χ1) is 9.31. The minimum Gasteiger partial charge on any atom is -0.454 e. The predicted molar refractivity (Wildman–Crippen MR) is 80.1 cm³/mol. The molecule has 0 radical (unpaired) electrons. The van der Waals surface area contributed by atoms with Gasteiger partial charge in [0.2, 0.25) is 0 Å². The van der Waals surface area contributed by atoms with E-state index in [1.807, 2.05) is 41.0 Å². The first kappa shape index (κ1) is 12.2. The molecule has 0 atom stereocenters. The van der Waals surface area contributed by atoms with Gasteiger partial charge in [-0.05, 0) is 52.9 Å². The number of aromatic nitrogens is 3. The largest absolute Gasteiger partial charge is 0.454 e. The molecule has 0 unspecified atom stereocenters. The van der Waals surface area contributed by atoms with Crippen LogP contribution in [0.5, 0.6) is 0 Å². The van der Waals surface area contributed by atoms with Gasteiger partial charge in [-0.25, -0.2) is 0 Å². The van der Waals surface area contributed by atoms with E-state index >= 15 is 0 Å². The normalized spacial score (nSPS) is 10.6. The number of hydrogen-bond acceptors (Lipinski definition) is 4. The summed E-state index contributed by atoms with van der Waals surface area (Å²) in [7, 11) is 0. The van der Waals surface area contributed by atoms with Gasteiger partial charge in [0.15, 0.2) is 3.77 Å². The Balaban J connectivity index is 1.73. The van der Waals surface area contributed by atoms with E-state index in [4.69, 9.17) is 4.42 Å². The van der Waals surface area contributed by atoms with Crippen LogP contribution >= 0.6 is 22.6 Å². The summed E-state index contributed by atoms with van der Waals surface area (Å²) in [5.74, 6) is 0.916. The summed E-state index contributed by atoms with van der Waals surface area (Å²) in [5.41, 5.74) is 2.04. The van der Waals surface area contributed by atoms with Crippen molar-refractivity contribution in [1.82, 2.24) is 14.8 Å². The van der Waals surface area contributed by atoms with Crippen LogP contribution in [0.1, 0.15) is 5.76 Å². The van der Waals surface area contributed by atoms with Crippen LogP contribution in [-0.2, 0) is 6.54 Å². The van der Waals surface area contributed by atoms with Crippen molar-refractivity contribution in [1.29, 1.82) is 0 Å². The minimum absolute atomic E-state index is 0.661. The summed E-state index contributed by atoms with van der Waals surface area (Å²) in [4.78, 5) is 0. The van der Waals surface area contributed by atoms with Crippen molar-refractivity contribution in [2.75, 3.05) is 5.32 Å². The monoisotopic (exact) mass is 366 g/mol. The van der Waals surface area contributed by atoms with E-state index in [1.165, 1.54) is 0 Å². The molecule has 1 aromatic carbocycles. The predicted octanol–water partition coefficient (Wildman–Crippen LogP) is 3.08. The third-order valence-corrected chi connectivity index (χ3v) is 3.24. The van der Waals surface area contributed by atoms with Crippen LogP contribution < -0.4 is 5.32 Å². The Bertz CT molecular complexity index is 663. The highest BCUT2D eigenvalue weighted by Crippen LogP contribution is 2.16. The second kappa shape index (κ2) is 5.43. The number of nitrogens with zero attached hydrogens (tertiary/aromatic N) is 3. The molecule has 96 valence electrons. The number of anilines is 1. The zero-order chi connectivity index (χ0) is 13.1. The van der Waals surface area contributed by atoms with Gasteiger partial charge in [0.1, 0.15) is 18.4 Å². The van der Waals surface area contributed by atoms with Crippen molar-refractivity contribution < 1.29 is 4.42 Å². The first-order valence-corrected chi connectivity index (χ1v) is 6.82. The Labute approximate surface area is 123 Å². The maximum Gasteiger partial charge on any atom is 0.164 e. The maximum absolute atomic E-state index is 5.51. The molecule has 1 N–H and O–H groups in total. The van der Waals surface area contributed by atoms with Crippen molar-refractivity contribution >= 4 is 28.3 Å².